The summed E-state index contributed by atoms with van der Waals surface area (Å²) in [6, 6.07) is 16.2. The highest BCUT2D eigenvalue weighted by Crippen LogP contribution is 2.48. The van der Waals surface area contributed by atoms with E-state index in [0.29, 0.717) is 13.1 Å². The second-order valence-corrected chi connectivity index (χ2v) is 8.75. The van der Waals surface area contributed by atoms with E-state index < -0.39 is 12.1 Å². The van der Waals surface area contributed by atoms with Crippen LogP contribution in [0.2, 0.25) is 0 Å². The minimum absolute atomic E-state index is 0.0521. The molecule has 0 fully saturated rings. The summed E-state index contributed by atoms with van der Waals surface area (Å²) in [7, 11) is 3.05. The number of aromatic nitrogens is 2. The predicted octanol–water partition coefficient (Wildman–Crippen LogP) is 4.09. The van der Waals surface area contributed by atoms with Crippen molar-refractivity contribution in [2.45, 2.75) is 19.3 Å². The maximum Gasteiger partial charge on any atom is 0.315 e. The van der Waals surface area contributed by atoms with Crippen molar-refractivity contribution >= 4 is 55.5 Å². The maximum absolute atomic E-state index is 13.1. The van der Waals surface area contributed by atoms with E-state index in [9.17, 15) is 9.59 Å². The molecule has 0 saturated carbocycles. The Bertz CT molecular complexity index is 1680. The molecule has 0 radical (unpaired) electrons. The van der Waals surface area contributed by atoms with Crippen molar-refractivity contribution in [3.05, 3.63) is 59.7 Å². The minimum Gasteiger partial charge on any atom is -0.469 e. The number of hydrogen-bond acceptors (Lipinski definition) is 4. The zero-order valence-electron chi connectivity index (χ0n) is 18.2. The van der Waals surface area contributed by atoms with Crippen molar-refractivity contribution in [3.8, 4) is 0 Å². The molecule has 7 rings (SSSR count). The van der Waals surface area contributed by atoms with E-state index >= 15 is 0 Å². The van der Waals surface area contributed by atoms with Crippen molar-refractivity contribution < 1.29 is 19.1 Å². The maximum atomic E-state index is 13.1. The lowest BCUT2D eigenvalue weighted by Gasteiger charge is -2.25. The predicted molar refractivity (Wildman–Crippen MR) is 125 cm³/mol. The van der Waals surface area contributed by atoms with Gasteiger partial charge in [-0.3, -0.25) is 9.59 Å². The van der Waals surface area contributed by atoms with Gasteiger partial charge in [0.1, 0.15) is 12.1 Å². The van der Waals surface area contributed by atoms with E-state index in [1.54, 1.807) is 7.11 Å². The van der Waals surface area contributed by atoms with Crippen molar-refractivity contribution in [2.24, 2.45) is 5.92 Å². The summed E-state index contributed by atoms with van der Waals surface area (Å²) < 4.78 is 15.6. The first kappa shape index (κ1) is 18.7. The Labute approximate surface area is 188 Å². The molecule has 5 aromatic rings. The highest BCUT2D eigenvalue weighted by atomic mass is 16.5. The molecule has 2 atom stereocenters. The fraction of sp³-hybridized carbons (Fsp3) is 0.231. The van der Waals surface area contributed by atoms with Crippen LogP contribution in [0.3, 0.4) is 0 Å². The Morgan fingerprint density at radius 2 is 1.67 bits per heavy atom. The smallest absolute Gasteiger partial charge is 0.315 e. The molecule has 4 heterocycles. The van der Waals surface area contributed by atoms with Crippen LogP contribution in [0.15, 0.2) is 48.5 Å². The molecule has 1 amide bonds. The van der Waals surface area contributed by atoms with Crippen LogP contribution in [0.5, 0.6) is 0 Å². The third kappa shape index (κ3) is 2.13. The summed E-state index contributed by atoms with van der Waals surface area (Å²) in [5.41, 5.74) is 5.67. The lowest BCUT2D eigenvalue weighted by Crippen LogP contribution is -2.31. The van der Waals surface area contributed by atoms with Crippen molar-refractivity contribution in [3.63, 3.8) is 0 Å². The van der Waals surface area contributed by atoms with Crippen molar-refractivity contribution in [1.29, 1.82) is 0 Å². The van der Waals surface area contributed by atoms with Gasteiger partial charge in [0.25, 0.3) is 5.91 Å². The van der Waals surface area contributed by atoms with Gasteiger partial charge in [-0.1, -0.05) is 36.4 Å². The molecule has 2 aliphatic rings. The number of benzene rings is 3. The number of ether oxygens (including phenoxy) is 2. The summed E-state index contributed by atoms with van der Waals surface area (Å²) in [6.07, 6.45) is -0.551. The molecule has 0 saturated heterocycles. The first-order valence-electron chi connectivity index (χ1n) is 11.0. The first-order chi connectivity index (χ1) is 16.2. The lowest BCUT2D eigenvalue weighted by atomic mass is 9.97. The molecule has 7 heteroatoms. The zero-order chi connectivity index (χ0) is 22.4. The number of methoxy groups -OCH3 is 2. The van der Waals surface area contributed by atoms with Gasteiger partial charge in [-0.25, -0.2) is 0 Å². The number of esters is 1. The summed E-state index contributed by atoms with van der Waals surface area (Å²) in [5.74, 6) is -0.936. The normalized spacial score (nSPS) is 19.5. The quantitative estimate of drug-likeness (QED) is 0.421. The van der Waals surface area contributed by atoms with Crippen LogP contribution in [-0.4, -0.2) is 35.2 Å². The number of fused-ring (bicyclic) bond motifs is 9. The summed E-state index contributed by atoms with van der Waals surface area (Å²) in [6.45, 7) is 0.868. The average molecular weight is 439 g/mol. The minimum atomic E-state index is -0.561. The summed E-state index contributed by atoms with van der Waals surface area (Å²) in [4.78, 5) is 26.2. The molecule has 1 N–H and O–H groups in total. The SMILES string of the molecule is COC(=O)C1Cn2c3ccccc3c3c4c(c5c6ccccc6n(c5c32)C1OC)CNC4=O. The average Bonchev–Trinajstić information content (AvgIpc) is 3.45. The zero-order valence-corrected chi connectivity index (χ0v) is 18.2. The number of amides is 1. The standard InChI is InChI=1S/C26H21N3O4/c1-32-25-16(26(31)33-2)12-28-17-9-5-3-7-13(17)20-21-15(11-27-24(21)30)19-14-8-4-6-10-18(14)29(25)23(19)22(20)28/h3-10,16,25H,11-12H2,1-2H3,(H,27,30). The molecule has 33 heavy (non-hydrogen) atoms. The topological polar surface area (TPSA) is 74.5 Å². The van der Waals surface area contributed by atoms with Crippen LogP contribution >= 0.6 is 0 Å². The van der Waals surface area contributed by atoms with E-state index in [4.69, 9.17) is 9.47 Å². The summed E-state index contributed by atoms with van der Waals surface area (Å²) >= 11 is 0. The van der Waals surface area contributed by atoms with Gasteiger partial charge in [-0.15, -0.1) is 0 Å². The molecule has 2 aromatic heterocycles. The van der Waals surface area contributed by atoms with Gasteiger partial charge in [-0.2, -0.15) is 0 Å². The van der Waals surface area contributed by atoms with Crippen LogP contribution in [0.4, 0.5) is 0 Å². The Balaban J connectivity index is 1.83. The van der Waals surface area contributed by atoms with E-state index in [1.165, 1.54) is 7.11 Å². The second-order valence-electron chi connectivity index (χ2n) is 8.75. The van der Waals surface area contributed by atoms with Gasteiger partial charge < -0.3 is 23.9 Å². The fourth-order valence-electron chi connectivity index (χ4n) is 6.10. The molecule has 164 valence electrons. The number of nitrogens with zero attached hydrogens (tertiary/aromatic N) is 2. The van der Waals surface area contributed by atoms with E-state index in [1.807, 2.05) is 24.3 Å². The molecule has 0 spiro atoms. The molecule has 2 aliphatic heterocycles. The monoisotopic (exact) mass is 439 g/mol. The van der Waals surface area contributed by atoms with Crippen LogP contribution in [-0.2, 0) is 27.4 Å². The molecular weight excluding hydrogens is 418 g/mol. The Hall–Kier alpha value is -3.84. The largest absolute Gasteiger partial charge is 0.469 e. The van der Waals surface area contributed by atoms with Crippen molar-refractivity contribution in [1.82, 2.24) is 14.5 Å². The van der Waals surface area contributed by atoms with Crippen molar-refractivity contribution in [2.75, 3.05) is 14.2 Å². The van der Waals surface area contributed by atoms with Gasteiger partial charge in [0.2, 0.25) is 0 Å². The fourth-order valence-corrected chi connectivity index (χ4v) is 6.10. The highest BCUT2D eigenvalue weighted by molar-refractivity contribution is 6.30. The van der Waals surface area contributed by atoms with Gasteiger partial charge in [-0.05, 0) is 17.7 Å². The number of hydrogen-bond donors (Lipinski definition) is 1. The molecule has 7 nitrogen and oxygen atoms in total. The summed E-state index contributed by atoms with van der Waals surface area (Å²) in [5, 5.41) is 7.09. The third-order valence-electron chi connectivity index (χ3n) is 7.34. The molecule has 3 aromatic carbocycles. The van der Waals surface area contributed by atoms with E-state index in [2.05, 4.69) is 38.7 Å². The Kier molecular flexibility index (Phi) is 3.60. The van der Waals surface area contributed by atoms with Gasteiger partial charge in [0, 0.05) is 47.3 Å². The van der Waals surface area contributed by atoms with Crippen LogP contribution in [0.1, 0.15) is 22.1 Å². The lowest BCUT2D eigenvalue weighted by molar-refractivity contribution is -0.154. The molecule has 0 aliphatic carbocycles. The number of carbonyl (C=O) groups excluding carboxylic acids is 2. The second kappa shape index (κ2) is 6.36. The third-order valence-corrected chi connectivity index (χ3v) is 7.34. The van der Waals surface area contributed by atoms with Gasteiger partial charge >= 0.3 is 5.97 Å². The van der Waals surface area contributed by atoms with Crippen LogP contribution in [0.25, 0.3) is 43.6 Å². The van der Waals surface area contributed by atoms with Crippen LogP contribution < -0.4 is 5.32 Å². The van der Waals surface area contributed by atoms with Gasteiger partial charge in [0.15, 0.2) is 0 Å². The highest BCUT2D eigenvalue weighted by Gasteiger charge is 2.40. The molecular formula is C26H21N3O4. The van der Waals surface area contributed by atoms with Crippen LogP contribution in [0, 0.1) is 5.92 Å². The number of para-hydroxylation sites is 2. The number of rotatable bonds is 2. The van der Waals surface area contributed by atoms with Gasteiger partial charge in [0.05, 0.1) is 29.2 Å². The molecule has 0 bridgehead atoms. The molecule has 2 unspecified atom stereocenters. The van der Waals surface area contributed by atoms with E-state index in [-0.39, 0.29) is 11.9 Å². The number of carbonyl (C=O) groups is 2. The first-order valence-corrected chi connectivity index (χ1v) is 11.0. The van der Waals surface area contributed by atoms with E-state index in [0.717, 1.165) is 54.7 Å². The Morgan fingerprint density at radius 1 is 0.970 bits per heavy atom. The Morgan fingerprint density at radius 3 is 2.39 bits per heavy atom. The number of nitrogens with one attached hydrogen (secondary N) is 1.